The topological polar surface area (TPSA) is 79.2 Å². The smallest absolute Gasteiger partial charge is 0.323 e. The average Bonchev–Trinajstić information content (AvgIpc) is 2.26. The van der Waals surface area contributed by atoms with Gasteiger partial charge in [-0.15, -0.1) is 0 Å². The van der Waals surface area contributed by atoms with E-state index in [0.717, 1.165) is 0 Å². The van der Waals surface area contributed by atoms with E-state index in [-0.39, 0.29) is 19.3 Å². The highest BCUT2D eigenvalue weighted by Crippen LogP contribution is 2.12. The number of rotatable bonds is 9. The minimum absolute atomic E-state index is 0.0950. The van der Waals surface area contributed by atoms with E-state index in [1.165, 1.54) is 0 Å². The maximum absolute atomic E-state index is 11.0. The lowest BCUT2D eigenvalue weighted by molar-refractivity contribution is -0.149. The Labute approximate surface area is 108 Å². The number of carboxylic acid groups (broad SMARTS) is 1. The van der Waals surface area contributed by atoms with Crippen LogP contribution in [0, 0.1) is 0 Å². The van der Waals surface area contributed by atoms with Gasteiger partial charge in [-0.3, -0.25) is 9.69 Å². The number of aliphatic hydroxyl groups excluding tert-OH is 1. The molecule has 0 amide bonds. The molecule has 0 fully saturated rings. The lowest BCUT2D eigenvalue weighted by Gasteiger charge is -2.33. The normalized spacial score (nSPS) is 15.7. The number of aliphatic hydroxyl groups is 1. The van der Waals surface area contributed by atoms with Crippen LogP contribution in [0.1, 0.15) is 20.8 Å². The Bertz CT molecular complexity index is 257. The molecule has 0 heterocycles. The number of likely N-dealkylation sites (N-methyl/N-ethyl adjacent to an activating group) is 1. The third-order valence-electron chi connectivity index (χ3n) is 2.94. The van der Waals surface area contributed by atoms with Crippen molar-refractivity contribution in [1.82, 2.24) is 4.90 Å². The summed E-state index contributed by atoms with van der Waals surface area (Å²) in [4.78, 5) is 12.6. The third kappa shape index (κ3) is 5.77. The Morgan fingerprint density at radius 3 is 2.39 bits per heavy atom. The van der Waals surface area contributed by atoms with Gasteiger partial charge in [-0.05, 0) is 27.8 Å². The second-order valence-corrected chi connectivity index (χ2v) is 5.00. The number of carboxylic acids is 1. The van der Waals surface area contributed by atoms with Crippen molar-refractivity contribution in [2.45, 2.75) is 38.5 Å². The summed E-state index contributed by atoms with van der Waals surface area (Å²) in [6.45, 7) is 5.89. The van der Waals surface area contributed by atoms with E-state index in [9.17, 15) is 9.90 Å². The SMILES string of the molecule is COCC(C)OCC(O)CN(C)C(C)(C)C(=O)O. The number of carbonyl (C=O) groups is 1. The zero-order valence-electron chi connectivity index (χ0n) is 11.8. The van der Waals surface area contributed by atoms with Gasteiger partial charge in [0.2, 0.25) is 0 Å². The van der Waals surface area contributed by atoms with Crippen LogP contribution in [-0.2, 0) is 14.3 Å². The van der Waals surface area contributed by atoms with Gasteiger partial charge in [0.05, 0.1) is 25.4 Å². The zero-order chi connectivity index (χ0) is 14.3. The maximum Gasteiger partial charge on any atom is 0.323 e. The van der Waals surface area contributed by atoms with Crippen LogP contribution >= 0.6 is 0 Å². The standard InChI is InChI=1S/C12H25NO5/c1-9(7-17-5)18-8-10(14)6-13(4)12(2,3)11(15)16/h9-10,14H,6-8H2,1-5H3,(H,15,16). The molecule has 0 aromatic rings. The van der Waals surface area contributed by atoms with E-state index in [1.54, 1.807) is 32.9 Å². The molecule has 0 radical (unpaired) electrons. The van der Waals surface area contributed by atoms with E-state index < -0.39 is 17.6 Å². The third-order valence-corrected chi connectivity index (χ3v) is 2.94. The van der Waals surface area contributed by atoms with Gasteiger partial charge in [0.25, 0.3) is 0 Å². The molecule has 18 heavy (non-hydrogen) atoms. The van der Waals surface area contributed by atoms with Gasteiger partial charge in [0.1, 0.15) is 5.54 Å². The molecule has 0 saturated heterocycles. The van der Waals surface area contributed by atoms with Gasteiger partial charge in [-0.1, -0.05) is 0 Å². The molecule has 2 unspecified atom stereocenters. The maximum atomic E-state index is 11.0. The molecule has 2 N–H and O–H groups in total. The molecule has 0 aliphatic carbocycles. The molecule has 0 saturated carbocycles. The predicted octanol–water partition coefficient (Wildman–Crippen LogP) is 0.194. The first-order valence-corrected chi connectivity index (χ1v) is 5.95. The van der Waals surface area contributed by atoms with E-state index >= 15 is 0 Å². The van der Waals surface area contributed by atoms with Crippen LogP contribution in [-0.4, -0.2) is 72.7 Å². The summed E-state index contributed by atoms with van der Waals surface area (Å²) < 4.78 is 10.3. The molecule has 0 aliphatic rings. The van der Waals surface area contributed by atoms with Crippen molar-refractivity contribution in [2.24, 2.45) is 0 Å². The predicted molar refractivity (Wildman–Crippen MR) is 67.6 cm³/mol. The Balaban J connectivity index is 4.08. The summed E-state index contributed by atoms with van der Waals surface area (Å²) >= 11 is 0. The van der Waals surface area contributed by atoms with Crippen molar-refractivity contribution >= 4 is 5.97 Å². The van der Waals surface area contributed by atoms with Crippen molar-refractivity contribution in [1.29, 1.82) is 0 Å². The van der Waals surface area contributed by atoms with Crippen LogP contribution in [0.3, 0.4) is 0 Å². The summed E-state index contributed by atoms with van der Waals surface area (Å²) in [7, 11) is 3.25. The highest BCUT2D eigenvalue weighted by atomic mass is 16.5. The molecular formula is C12H25NO5. The zero-order valence-corrected chi connectivity index (χ0v) is 11.8. The Kier molecular flexibility index (Phi) is 7.39. The number of ether oxygens (including phenoxy) is 2. The van der Waals surface area contributed by atoms with Crippen molar-refractivity contribution in [3.05, 3.63) is 0 Å². The first-order chi connectivity index (χ1) is 8.21. The number of nitrogens with zero attached hydrogens (tertiary/aromatic N) is 1. The number of β-amino-alcohol motifs (C(OH)–C–C–N with tert-alkyl or cyclic N) is 1. The second kappa shape index (κ2) is 7.68. The molecule has 0 aromatic heterocycles. The Morgan fingerprint density at radius 2 is 1.94 bits per heavy atom. The number of methoxy groups -OCH3 is 1. The van der Waals surface area contributed by atoms with Gasteiger partial charge < -0.3 is 19.7 Å². The lowest BCUT2D eigenvalue weighted by atomic mass is 10.0. The van der Waals surface area contributed by atoms with Gasteiger partial charge in [0, 0.05) is 13.7 Å². The van der Waals surface area contributed by atoms with Crippen LogP contribution in [0.2, 0.25) is 0 Å². The first kappa shape index (κ1) is 17.3. The lowest BCUT2D eigenvalue weighted by Crippen LogP contribution is -2.51. The van der Waals surface area contributed by atoms with E-state index in [1.807, 2.05) is 6.92 Å². The van der Waals surface area contributed by atoms with E-state index in [2.05, 4.69) is 0 Å². The van der Waals surface area contributed by atoms with Crippen LogP contribution in [0.4, 0.5) is 0 Å². The molecule has 0 spiro atoms. The molecule has 0 bridgehead atoms. The highest BCUT2D eigenvalue weighted by Gasteiger charge is 2.32. The molecule has 0 aliphatic heterocycles. The summed E-state index contributed by atoms with van der Waals surface area (Å²) in [5.41, 5.74) is -1.01. The van der Waals surface area contributed by atoms with Gasteiger partial charge in [0.15, 0.2) is 0 Å². The number of aliphatic carboxylic acids is 1. The molecule has 6 heteroatoms. The number of hydrogen-bond donors (Lipinski definition) is 2. The van der Waals surface area contributed by atoms with Crippen molar-refractivity contribution in [3.8, 4) is 0 Å². The summed E-state index contributed by atoms with van der Waals surface area (Å²) in [6, 6.07) is 0. The van der Waals surface area contributed by atoms with Crippen molar-refractivity contribution in [3.63, 3.8) is 0 Å². The van der Waals surface area contributed by atoms with Crippen LogP contribution in [0.5, 0.6) is 0 Å². The molecule has 0 aromatic carbocycles. The molecule has 2 atom stereocenters. The second-order valence-electron chi connectivity index (χ2n) is 5.00. The highest BCUT2D eigenvalue weighted by molar-refractivity contribution is 5.77. The van der Waals surface area contributed by atoms with Crippen LogP contribution in [0.15, 0.2) is 0 Å². The summed E-state index contributed by atoms with van der Waals surface area (Å²) in [5, 5.41) is 18.8. The fourth-order valence-corrected chi connectivity index (χ4v) is 1.32. The number of hydrogen-bond acceptors (Lipinski definition) is 5. The summed E-state index contributed by atoms with van der Waals surface area (Å²) in [6.07, 6.45) is -0.824. The van der Waals surface area contributed by atoms with E-state index in [4.69, 9.17) is 14.6 Å². The Morgan fingerprint density at radius 1 is 1.39 bits per heavy atom. The average molecular weight is 263 g/mol. The fraction of sp³-hybridized carbons (Fsp3) is 0.917. The largest absolute Gasteiger partial charge is 0.480 e. The van der Waals surface area contributed by atoms with Gasteiger partial charge >= 0.3 is 5.97 Å². The fourth-order valence-electron chi connectivity index (χ4n) is 1.32. The minimum atomic E-state index is -1.01. The van der Waals surface area contributed by atoms with Crippen molar-refractivity contribution in [2.75, 3.05) is 33.9 Å². The minimum Gasteiger partial charge on any atom is -0.480 e. The van der Waals surface area contributed by atoms with Crippen LogP contribution in [0.25, 0.3) is 0 Å². The van der Waals surface area contributed by atoms with Crippen molar-refractivity contribution < 1.29 is 24.5 Å². The monoisotopic (exact) mass is 263 g/mol. The molecule has 6 nitrogen and oxygen atoms in total. The molecule has 0 rings (SSSR count). The quantitative estimate of drug-likeness (QED) is 0.618. The Hall–Kier alpha value is -0.690. The first-order valence-electron chi connectivity index (χ1n) is 5.95. The molecular weight excluding hydrogens is 238 g/mol. The van der Waals surface area contributed by atoms with Crippen LogP contribution < -0.4 is 0 Å². The summed E-state index contributed by atoms with van der Waals surface area (Å²) in [5.74, 6) is -0.925. The van der Waals surface area contributed by atoms with Gasteiger partial charge in [-0.2, -0.15) is 0 Å². The molecule has 108 valence electrons. The van der Waals surface area contributed by atoms with E-state index in [0.29, 0.717) is 6.61 Å². The van der Waals surface area contributed by atoms with Gasteiger partial charge in [-0.25, -0.2) is 0 Å².